The maximum atomic E-state index is 12.8. The lowest BCUT2D eigenvalue weighted by Crippen LogP contribution is -2.41. The van der Waals surface area contributed by atoms with Crippen LogP contribution in [0.15, 0.2) is 72.8 Å². The third kappa shape index (κ3) is 4.58. The lowest BCUT2D eigenvalue weighted by molar-refractivity contribution is -0.294. The largest absolute Gasteiger partial charge is 0.456 e. The molecule has 0 N–H and O–H groups in total. The second kappa shape index (κ2) is 9.02. The molecule has 0 atom stereocenters. The van der Waals surface area contributed by atoms with Crippen molar-refractivity contribution in [1.29, 1.82) is 0 Å². The molecule has 4 aromatic rings. The number of hydrogen-bond acceptors (Lipinski definition) is 4. The molecule has 4 rings (SSSR count). The zero-order valence-electron chi connectivity index (χ0n) is 17.3. The molecule has 0 saturated heterocycles. The summed E-state index contributed by atoms with van der Waals surface area (Å²) in [5.74, 6) is -7.66. The quantitative estimate of drug-likeness (QED) is 0.171. The molecule has 4 nitrogen and oxygen atoms in total. The van der Waals surface area contributed by atoms with Gasteiger partial charge in [0.05, 0.1) is 5.56 Å². The standard InChI is InChI=1S/C24H16F5O4S/c25-23(26,24(27,28)29)14-33-21(30)13-32-22(31)15-9-11-16(12-10-15)34-19-7-3-1-5-17(19)18-6-2-4-8-20(18)34/h1-12H,13-14H2/q+1. The van der Waals surface area contributed by atoms with Crippen LogP contribution in [0.3, 0.4) is 0 Å². The molecule has 3 aromatic carbocycles. The van der Waals surface area contributed by atoms with E-state index in [1.165, 1.54) is 12.1 Å². The molecule has 0 radical (unpaired) electrons. The molecule has 0 fully saturated rings. The summed E-state index contributed by atoms with van der Waals surface area (Å²) in [5, 5.41) is 2.28. The first-order valence-corrected chi connectivity index (χ1v) is 11.1. The number of halogens is 5. The fourth-order valence-corrected chi connectivity index (χ4v) is 5.71. The fraction of sp³-hybridized carbons (Fsp3) is 0.167. The highest BCUT2D eigenvalue weighted by molar-refractivity contribution is 7.50. The summed E-state index contributed by atoms with van der Waals surface area (Å²) in [5.41, 5.74) is 0.0848. The van der Waals surface area contributed by atoms with Crippen molar-refractivity contribution in [3.05, 3.63) is 78.4 Å². The molecule has 0 bridgehead atoms. The lowest BCUT2D eigenvalue weighted by atomic mass is 10.2. The number of carbonyl (C=O) groups is 2. The van der Waals surface area contributed by atoms with Crippen LogP contribution >= 0.6 is 10.5 Å². The molecule has 1 aromatic heterocycles. The van der Waals surface area contributed by atoms with Gasteiger partial charge in [-0.2, -0.15) is 22.0 Å². The molecule has 1 heterocycles. The van der Waals surface area contributed by atoms with Crippen LogP contribution in [0.4, 0.5) is 22.0 Å². The van der Waals surface area contributed by atoms with Crippen LogP contribution in [0.5, 0.6) is 0 Å². The minimum Gasteiger partial charge on any atom is -0.456 e. The molecule has 0 aliphatic heterocycles. The minimum absolute atomic E-state index is 0.0848. The van der Waals surface area contributed by atoms with E-state index in [-0.39, 0.29) is 16.0 Å². The molecule has 0 aliphatic carbocycles. The van der Waals surface area contributed by atoms with Crippen molar-refractivity contribution < 1.29 is 41.0 Å². The Labute approximate surface area is 192 Å². The number of thiophene rings is 1. The van der Waals surface area contributed by atoms with E-state index in [1.54, 1.807) is 12.1 Å². The predicted octanol–water partition coefficient (Wildman–Crippen LogP) is 6.63. The highest BCUT2D eigenvalue weighted by Crippen LogP contribution is 2.48. The summed E-state index contributed by atoms with van der Waals surface area (Å²) in [6, 6.07) is 22.6. The van der Waals surface area contributed by atoms with Gasteiger partial charge in [0, 0.05) is 21.2 Å². The Morgan fingerprint density at radius 1 is 0.735 bits per heavy atom. The minimum atomic E-state index is -5.85. The lowest BCUT2D eigenvalue weighted by Gasteiger charge is -2.18. The Kier molecular flexibility index (Phi) is 6.26. The summed E-state index contributed by atoms with van der Waals surface area (Å²) < 4.78 is 72.8. The van der Waals surface area contributed by atoms with Crippen LogP contribution < -0.4 is 0 Å². The van der Waals surface area contributed by atoms with Crippen molar-refractivity contribution in [1.82, 2.24) is 0 Å². The zero-order valence-corrected chi connectivity index (χ0v) is 18.1. The second-order valence-corrected chi connectivity index (χ2v) is 9.23. The van der Waals surface area contributed by atoms with E-state index in [0.717, 1.165) is 25.1 Å². The topological polar surface area (TPSA) is 52.6 Å². The molecule has 34 heavy (non-hydrogen) atoms. The molecule has 0 unspecified atom stereocenters. The Morgan fingerprint density at radius 2 is 1.26 bits per heavy atom. The number of esters is 2. The number of fused-ring (bicyclic) bond motifs is 3. The second-order valence-electron chi connectivity index (χ2n) is 7.26. The van der Waals surface area contributed by atoms with E-state index < -0.39 is 37.3 Å². The van der Waals surface area contributed by atoms with E-state index in [2.05, 4.69) is 33.7 Å². The van der Waals surface area contributed by atoms with Gasteiger partial charge in [-0.05, 0) is 48.5 Å². The number of ether oxygens (including phenoxy) is 2. The van der Waals surface area contributed by atoms with Crippen molar-refractivity contribution in [2.45, 2.75) is 12.1 Å². The summed E-state index contributed by atoms with van der Waals surface area (Å²) >= 11 is 0. The number of rotatable bonds is 6. The van der Waals surface area contributed by atoms with Crippen LogP contribution in [-0.4, -0.2) is 37.3 Å². The van der Waals surface area contributed by atoms with Gasteiger partial charge < -0.3 is 9.47 Å². The number of carbonyl (C=O) groups excluding carboxylic acids is 2. The first kappa shape index (κ1) is 23.6. The zero-order chi connectivity index (χ0) is 24.5. The third-order valence-corrected chi connectivity index (χ3v) is 7.32. The van der Waals surface area contributed by atoms with E-state index in [4.69, 9.17) is 0 Å². The Bertz CT molecular complexity index is 1310. The van der Waals surface area contributed by atoms with Gasteiger partial charge in [0.25, 0.3) is 0 Å². The molecular weight excluding hydrogens is 479 g/mol. The first-order valence-electron chi connectivity index (χ1n) is 9.88. The van der Waals surface area contributed by atoms with E-state index in [9.17, 15) is 31.5 Å². The molecular formula is C24H16F5O4S+. The van der Waals surface area contributed by atoms with Crippen LogP contribution in [0, 0.1) is 0 Å². The monoisotopic (exact) mass is 495 g/mol. The molecule has 10 heteroatoms. The van der Waals surface area contributed by atoms with Crippen molar-refractivity contribution >= 4 is 42.6 Å². The number of alkyl halides is 5. The van der Waals surface area contributed by atoms with Gasteiger partial charge in [-0.15, -0.1) is 0 Å². The van der Waals surface area contributed by atoms with Gasteiger partial charge in [-0.3, -0.25) is 0 Å². The van der Waals surface area contributed by atoms with Crippen LogP contribution in [0.2, 0.25) is 0 Å². The first-order chi connectivity index (χ1) is 16.1. The smallest absolute Gasteiger partial charge is 0.456 e. The van der Waals surface area contributed by atoms with Crippen LogP contribution in [0.25, 0.3) is 25.1 Å². The summed E-state index contributed by atoms with van der Waals surface area (Å²) in [4.78, 5) is 24.5. The van der Waals surface area contributed by atoms with Crippen molar-refractivity contribution in [3.8, 4) is 4.90 Å². The van der Waals surface area contributed by atoms with E-state index in [0.29, 0.717) is 0 Å². The average molecular weight is 495 g/mol. The molecule has 176 valence electrons. The van der Waals surface area contributed by atoms with Gasteiger partial charge in [0.2, 0.25) is 0 Å². The highest BCUT2D eigenvalue weighted by Gasteiger charge is 2.58. The SMILES string of the molecule is O=C(COC(=O)c1ccc(-[s+]2c3ccccc3c3ccccc32)cc1)OCC(F)(F)C(F)(F)F. The maximum absolute atomic E-state index is 12.8. The molecule has 0 saturated carbocycles. The van der Waals surface area contributed by atoms with Gasteiger partial charge in [-0.25, -0.2) is 9.59 Å². The Morgan fingerprint density at radius 3 is 1.79 bits per heavy atom. The van der Waals surface area contributed by atoms with Gasteiger partial charge in [0.1, 0.15) is 0 Å². The van der Waals surface area contributed by atoms with Crippen LogP contribution in [0.1, 0.15) is 10.4 Å². The van der Waals surface area contributed by atoms with Crippen molar-refractivity contribution in [2.75, 3.05) is 13.2 Å². The highest BCUT2D eigenvalue weighted by atomic mass is 32.2. The Hall–Kier alpha value is -3.53. The number of benzene rings is 3. The average Bonchev–Trinajstić information content (AvgIpc) is 3.15. The summed E-state index contributed by atoms with van der Waals surface area (Å²) in [6.07, 6.45) is -5.85. The Balaban J connectivity index is 1.45. The van der Waals surface area contributed by atoms with Crippen molar-refractivity contribution in [2.24, 2.45) is 0 Å². The van der Waals surface area contributed by atoms with E-state index in [1.807, 2.05) is 24.3 Å². The summed E-state index contributed by atoms with van der Waals surface area (Å²) in [6.45, 7) is -3.29. The molecule has 0 spiro atoms. The van der Waals surface area contributed by atoms with Gasteiger partial charge in [0.15, 0.2) is 27.5 Å². The number of hydrogen-bond donors (Lipinski definition) is 0. The van der Waals surface area contributed by atoms with E-state index >= 15 is 0 Å². The van der Waals surface area contributed by atoms with Gasteiger partial charge in [-0.1, -0.05) is 24.3 Å². The molecule has 0 aliphatic rings. The van der Waals surface area contributed by atoms with Crippen LogP contribution in [-0.2, 0) is 14.3 Å². The third-order valence-electron chi connectivity index (χ3n) is 4.98. The van der Waals surface area contributed by atoms with Gasteiger partial charge >= 0.3 is 24.0 Å². The maximum Gasteiger partial charge on any atom is 0.456 e. The fourth-order valence-electron chi connectivity index (χ4n) is 3.34. The summed E-state index contributed by atoms with van der Waals surface area (Å²) in [7, 11) is -0.381. The predicted molar refractivity (Wildman–Crippen MR) is 118 cm³/mol. The normalized spacial score (nSPS) is 12.1. The molecule has 0 amide bonds. The van der Waals surface area contributed by atoms with Crippen molar-refractivity contribution in [3.63, 3.8) is 0 Å².